The molecule has 0 spiro atoms. The zero-order chi connectivity index (χ0) is 20.5. The van der Waals surface area contributed by atoms with Crippen molar-refractivity contribution in [2.75, 3.05) is 12.4 Å². The topological polar surface area (TPSA) is 38.3 Å². The highest BCUT2D eigenvalue weighted by Gasteiger charge is 2.20. The number of nitrogens with one attached hydrogen (secondary N) is 1. The van der Waals surface area contributed by atoms with Crippen LogP contribution >= 0.6 is 11.6 Å². The normalized spacial score (nSPS) is 11.5. The summed E-state index contributed by atoms with van der Waals surface area (Å²) in [5.74, 6) is -0.758. The average molecular weight is 379 g/mol. The Hall–Kier alpha value is -2.07. The van der Waals surface area contributed by atoms with Crippen LogP contribution in [0.25, 0.3) is 0 Å². The van der Waals surface area contributed by atoms with E-state index in [0.717, 1.165) is 16.7 Å². The molecule has 0 heterocycles. The highest BCUT2D eigenvalue weighted by atomic mass is 35.5. The van der Waals surface area contributed by atoms with Crippen molar-refractivity contribution in [3.8, 4) is 0 Å². The SMILES string of the molecule is [2H]c1c(C)c(C(C)C)c(C)c(CC(=O)OC)c1Nc1c(F)ccc(C)c1Cl. The van der Waals surface area contributed by atoms with Crippen molar-refractivity contribution in [3.05, 3.63) is 56.8 Å². The predicted octanol–water partition coefficient (Wildman–Crippen LogP) is 5.99. The molecule has 2 aromatic carbocycles. The quantitative estimate of drug-likeness (QED) is 0.649. The van der Waals surface area contributed by atoms with Crippen LogP contribution in [0.2, 0.25) is 5.02 Å². The minimum absolute atomic E-state index is 0.0123. The van der Waals surface area contributed by atoms with Crippen molar-refractivity contribution in [2.24, 2.45) is 0 Å². The first-order valence-electron chi connectivity index (χ1n) is 9.01. The molecule has 0 saturated heterocycles. The van der Waals surface area contributed by atoms with Gasteiger partial charge in [-0.25, -0.2) is 4.39 Å². The van der Waals surface area contributed by atoms with E-state index in [4.69, 9.17) is 17.7 Å². The first kappa shape index (κ1) is 18.7. The minimum Gasteiger partial charge on any atom is -0.469 e. The maximum Gasteiger partial charge on any atom is 0.310 e. The Kier molecular flexibility index (Phi) is 5.82. The number of carbonyl (C=O) groups is 1. The number of rotatable bonds is 5. The molecule has 140 valence electrons. The summed E-state index contributed by atoms with van der Waals surface area (Å²) in [4.78, 5) is 12.0. The van der Waals surface area contributed by atoms with Gasteiger partial charge in [-0.05, 0) is 66.6 Å². The van der Waals surface area contributed by atoms with Crippen LogP contribution in [-0.2, 0) is 16.0 Å². The number of ether oxygens (including phenoxy) is 1. The average Bonchev–Trinajstić information content (AvgIpc) is 2.61. The third-order valence-electron chi connectivity index (χ3n) is 4.54. The molecule has 0 radical (unpaired) electrons. The number of carbonyl (C=O) groups excluding carboxylic acids is 1. The number of hydrogen-bond donors (Lipinski definition) is 1. The second-order valence-corrected chi connectivity index (χ2v) is 7.11. The number of esters is 1. The zero-order valence-electron chi connectivity index (χ0n) is 17.0. The molecule has 3 nitrogen and oxygen atoms in total. The molecule has 26 heavy (non-hydrogen) atoms. The molecule has 0 unspecified atom stereocenters. The van der Waals surface area contributed by atoms with E-state index in [1.54, 1.807) is 13.0 Å². The van der Waals surface area contributed by atoms with Crippen molar-refractivity contribution in [1.82, 2.24) is 0 Å². The van der Waals surface area contributed by atoms with Gasteiger partial charge in [0.25, 0.3) is 0 Å². The summed E-state index contributed by atoms with van der Waals surface area (Å²) in [5, 5.41) is 3.24. The van der Waals surface area contributed by atoms with Crippen LogP contribution in [0.5, 0.6) is 0 Å². The van der Waals surface area contributed by atoms with Gasteiger partial charge in [0.05, 0.1) is 25.6 Å². The first-order chi connectivity index (χ1) is 12.6. The Bertz CT molecular complexity index is 897. The second kappa shape index (κ2) is 8.09. The molecule has 1 N–H and O–H groups in total. The van der Waals surface area contributed by atoms with E-state index in [1.807, 2.05) is 27.7 Å². The molecule has 0 atom stereocenters. The van der Waals surface area contributed by atoms with Crippen LogP contribution in [-0.4, -0.2) is 13.1 Å². The van der Waals surface area contributed by atoms with Gasteiger partial charge < -0.3 is 10.1 Å². The number of anilines is 2. The van der Waals surface area contributed by atoms with E-state index in [-0.39, 0.29) is 29.1 Å². The van der Waals surface area contributed by atoms with Crippen molar-refractivity contribution < 1.29 is 15.3 Å². The van der Waals surface area contributed by atoms with Gasteiger partial charge in [0.15, 0.2) is 0 Å². The summed E-state index contributed by atoms with van der Waals surface area (Å²) in [6.07, 6.45) is -0.0123. The van der Waals surface area contributed by atoms with E-state index in [2.05, 4.69) is 5.32 Å². The van der Waals surface area contributed by atoms with Crippen LogP contribution < -0.4 is 5.32 Å². The smallest absolute Gasteiger partial charge is 0.310 e. The fourth-order valence-electron chi connectivity index (χ4n) is 3.27. The van der Waals surface area contributed by atoms with Crippen LogP contribution in [0, 0.1) is 26.6 Å². The van der Waals surface area contributed by atoms with Crippen LogP contribution in [0.3, 0.4) is 0 Å². The molecular weight excluding hydrogens is 353 g/mol. The molecule has 0 amide bonds. The van der Waals surface area contributed by atoms with Gasteiger partial charge in [-0.2, -0.15) is 0 Å². The second-order valence-electron chi connectivity index (χ2n) is 6.73. The Morgan fingerprint density at radius 2 is 1.96 bits per heavy atom. The highest BCUT2D eigenvalue weighted by molar-refractivity contribution is 6.34. The Labute approximate surface area is 160 Å². The van der Waals surface area contributed by atoms with Crippen molar-refractivity contribution in [1.29, 1.82) is 0 Å². The predicted molar refractivity (Wildman–Crippen MR) is 105 cm³/mol. The van der Waals surface area contributed by atoms with Crippen LogP contribution in [0.15, 0.2) is 18.2 Å². The largest absolute Gasteiger partial charge is 0.469 e. The number of aryl methyl sites for hydroxylation is 1. The highest BCUT2D eigenvalue weighted by Crippen LogP contribution is 2.36. The molecule has 2 aromatic rings. The van der Waals surface area contributed by atoms with Gasteiger partial charge in [-0.1, -0.05) is 31.5 Å². The summed E-state index contributed by atoms with van der Waals surface area (Å²) in [5.41, 5.74) is 4.53. The minimum atomic E-state index is -0.516. The third-order valence-corrected chi connectivity index (χ3v) is 5.02. The third kappa shape index (κ3) is 4.01. The van der Waals surface area contributed by atoms with Gasteiger partial charge in [0.1, 0.15) is 5.82 Å². The Balaban J connectivity index is 2.75. The van der Waals surface area contributed by atoms with Gasteiger partial charge in [-0.15, -0.1) is 0 Å². The lowest BCUT2D eigenvalue weighted by Crippen LogP contribution is -2.12. The lowest BCUT2D eigenvalue weighted by molar-refractivity contribution is -0.139. The van der Waals surface area contributed by atoms with Gasteiger partial charge in [0.2, 0.25) is 0 Å². The van der Waals surface area contributed by atoms with Crippen molar-refractivity contribution in [3.63, 3.8) is 0 Å². The van der Waals surface area contributed by atoms with Crippen molar-refractivity contribution >= 4 is 28.9 Å². The summed E-state index contributed by atoms with van der Waals surface area (Å²) < 4.78 is 27.9. The molecule has 2 rings (SSSR count). The number of hydrogen-bond acceptors (Lipinski definition) is 3. The maximum atomic E-state index is 14.4. The lowest BCUT2D eigenvalue weighted by atomic mass is 9.88. The molecule has 0 saturated carbocycles. The zero-order valence-corrected chi connectivity index (χ0v) is 16.8. The summed E-state index contributed by atoms with van der Waals surface area (Å²) in [7, 11) is 1.32. The van der Waals surface area contributed by atoms with E-state index in [0.29, 0.717) is 16.8 Å². The van der Waals surface area contributed by atoms with E-state index in [1.165, 1.54) is 13.2 Å². The molecule has 0 aliphatic carbocycles. The van der Waals surface area contributed by atoms with E-state index >= 15 is 0 Å². The molecular formula is C21H25ClFNO2. The standard InChI is InChI=1S/C21H25ClFNO2/c1-11(2)19-13(4)9-17(15(14(19)5)10-18(25)26-6)24-21-16(23)8-7-12(3)20(21)22/h7-9,11,24H,10H2,1-6H3/i9D. The van der Waals surface area contributed by atoms with Crippen LogP contribution in [0.4, 0.5) is 15.8 Å². The molecule has 0 aliphatic rings. The summed E-state index contributed by atoms with van der Waals surface area (Å²) in [6.45, 7) is 9.65. The molecule has 5 heteroatoms. The summed E-state index contributed by atoms with van der Waals surface area (Å²) >= 11 is 6.29. The van der Waals surface area contributed by atoms with Gasteiger partial charge in [-0.3, -0.25) is 4.79 Å². The Morgan fingerprint density at radius 1 is 1.31 bits per heavy atom. The first-order valence-corrected chi connectivity index (χ1v) is 8.88. The monoisotopic (exact) mass is 378 g/mol. The molecule has 0 fully saturated rings. The maximum absolute atomic E-state index is 14.4. The number of methoxy groups -OCH3 is 1. The fraction of sp³-hybridized carbons (Fsp3) is 0.381. The fourth-order valence-corrected chi connectivity index (χ4v) is 3.47. The number of benzene rings is 2. The van der Waals surface area contributed by atoms with Crippen molar-refractivity contribution in [2.45, 2.75) is 47.0 Å². The van der Waals surface area contributed by atoms with Gasteiger partial charge in [0, 0.05) is 5.69 Å². The summed E-state index contributed by atoms with van der Waals surface area (Å²) in [6, 6.07) is 3.15. The van der Waals surface area contributed by atoms with Gasteiger partial charge >= 0.3 is 5.97 Å². The molecule has 0 aromatic heterocycles. The lowest BCUT2D eigenvalue weighted by Gasteiger charge is -2.22. The number of halogens is 2. The Morgan fingerprint density at radius 3 is 2.54 bits per heavy atom. The van der Waals surface area contributed by atoms with E-state index < -0.39 is 11.8 Å². The van der Waals surface area contributed by atoms with Crippen LogP contribution in [0.1, 0.15) is 49.0 Å². The molecule has 0 bridgehead atoms. The van der Waals surface area contributed by atoms with E-state index in [9.17, 15) is 9.18 Å². The molecule has 0 aliphatic heterocycles.